The molecule has 0 radical (unpaired) electrons. The molecule has 0 aliphatic carbocycles. The summed E-state index contributed by atoms with van der Waals surface area (Å²) in [5.41, 5.74) is 2.10. The molecule has 7 nitrogen and oxygen atoms in total. The van der Waals surface area contributed by atoms with Crippen LogP contribution in [-0.4, -0.2) is 56.4 Å². The first-order valence-electron chi connectivity index (χ1n) is 11.8. The third-order valence-electron chi connectivity index (χ3n) is 6.83. The molecule has 5 rings (SSSR count). The summed E-state index contributed by atoms with van der Waals surface area (Å²) in [7, 11) is -3.62. The van der Waals surface area contributed by atoms with Gasteiger partial charge in [0.2, 0.25) is 10.0 Å². The molecular weight excluding hydrogens is 440 g/mol. The van der Waals surface area contributed by atoms with Crippen molar-refractivity contribution < 1.29 is 22.7 Å². The third-order valence-corrected chi connectivity index (χ3v) is 8.87. The normalized spacial score (nSPS) is 21.2. The van der Waals surface area contributed by atoms with Crippen LogP contribution in [0, 0.1) is 6.92 Å². The first kappa shape index (κ1) is 22.2. The van der Waals surface area contributed by atoms with E-state index in [1.54, 1.807) is 29.4 Å². The average Bonchev–Trinajstić information content (AvgIpc) is 3.34. The lowest BCUT2D eigenvalue weighted by Crippen LogP contribution is -2.36. The van der Waals surface area contributed by atoms with Crippen LogP contribution in [0.5, 0.6) is 11.5 Å². The van der Waals surface area contributed by atoms with Crippen LogP contribution < -0.4 is 9.47 Å². The molecule has 1 atom stereocenters. The van der Waals surface area contributed by atoms with Gasteiger partial charge < -0.3 is 14.4 Å². The molecular formula is C25H30N2O5S. The second kappa shape index (κ2) is 8.99. The number of hydrogen-bond donors (Lipinski definition) is 0. The van der Waals surface area contributed by atoms with E-state index in [2.05, 4.69) is 0 Å². The Morgan fingerprint density at radius 1 is 0.909 bits per heavy atom. The monoisotopic (exact) mass is 470 g/mol. The maximum atomic E-state index is 13.5. The molecule has 2 fully saturated rings. The summed E-state index contributed by atoms with van der Waals surface area (Å²) in [5, 5.41) is 0. The van der Waals surface area contributed by atoms with Crippen molar-refractivity contribution in [3.8, 4) is 11.5 Å². The van der Waals surface area contributed by atoms with E-state index in [1.807, 2.05) is 23.1 Å². The van der Waals surface area contributed by atoms with Crippen LogP contribution in [-0.2, 0) is 10.0 Å². The summed E-state index contributed by atoms with van der Waals surface area (Å²) >= 11 is 0. The summed E-state index contributed by atoms with van der Waals surface area (Å²) in [6.07, 6.45) is 4.56. The largest absolute Gasteiger partial charge is 0.486 e. The number of likely N-dealkylation sites (tertiary alicyclic amines) is 1. The molecule has 0 bridgehead atoms. The third kappa shape index (κ3) is 4.22. The van der Waals surface area contributed by atoms with E-state index in [0.29, 0.717) is 49.7 Å². The number of aryl methyl sites for hydroxylation is 1. The number of rotatable bonds is 4. The van der Waals surface area contributed by atoms with E-state index in [0.717, 1.165) is 43.4 Å². The van der Waals surface area contributed by atoms with E-state index in [4.69, 9.17) is 9.47 Å². The molecule has 33 heavy (non-hydrogen) atoms. The summed E-state index contributed by atoms with van der Waals surface area (Å²) < 4.78 is 39.5. The van der Waals surface area contributed by atoms with Gasteiger partial charge in [0.25, 0.3) is 5.91 Å². The van der Waals surface area contributed by atoms with Crippen molar-refractivity contribution in [2.75, 3.05) is 32.8 Å². The lowest BCUT2D eigenvalue weighted by Gasteiger charge is -2.28. The van der Waals surface area contributed by atoms with Crippen LogP contribution >= 0.6 is 0 Å². The predicted molar refractivity (Wildman–Crippen MR) is 124 cm³/mol. The molecule has 2 aromatic rings. The molecule has 0 aromatic heterocycles. The molecule has 0 spiro atoms. The Morgan fingerprint density at radius 2 is 1.67 bits per heavy atom. The van der Waals surface area contributed by atoms with Crippen molar-refractivity contribution in [1.82, 2.24) is 9.21 Å². The number of nitrogens with zero attached hydrogens (tertiary/aromatic N) is 2. The smallest absolute Gasteiger partial charge is 0.254 e. The highest BCUT2D eigenvalue weighted by Crippen LogP contribution is 2.39. The lowest BCUT2D eigenvalue weighted by atomic mass is 10.0. The van der Waals surface area contributed by atoms with Crippen molar-refractivity contribution in [2.45, 2.75) is 50.0 Å². The molecule has 0 N–H and O–H groups in total. The molecule has 8 heteroatoms. The van der Waals surface area contributed by atoms with Crippen molar-refractivity contribution >= 4 is 15.9 Å². The van der Waals surface area contributed by atoms with Gasteiger partial charge in [-0.1, -0.05) is 18.6 Å². The van der Waals surface area contributed by atoms with Gasteiger partial charge in [-0.3, -0.25) is 4.79 Å². The minimum absolute atomic E-state index is 0.0724. The molecule has 3 aliphatic rings. The molecule has 2 saturated heterocycles. The highest BCUT2D eigenvalue weighted by molar-refractivity contribution is 7.89. The average molecular weight is 471 g/mol. The van der Waals surface area contributed by atoms with Gasteiger partial charge in [0.1, 0.15) is 13.2 Å². The Kier molecular flexibility index (Phi) is 6.05. The van der Waals surface area contributed by atoms with Gasteiger partial charge in [-0.15, -0.1) is 0 Å². The molecule has 3 aliphatic heterocycles. The Labute approximate surface area is 195 Å². The van der Waals surface area contributed by atoms with Crippen molar-refractivity contribution in [3.63, 3.8) is 0 Å². The summed E-state index contributed by atoms with van der Waals surface area (Å²) in [5.74, 6) is 1.30. The molecule has 0 saturated carbocycles. The minimum Gasteiger partial charge on any atom is -0.486 e. The molecule has 176 valence electrons. The van der Waals surface area contributed by atoms with Gasteiger partial charge in [-0.25, -0.2) is 8.42 Å². The lowest BCUT2D eigenvalue weighted by molar-refractivity contribution is 0.0735. The number of fused-ring (bicyclic) bond motifs is 1. The fourth-order valence-corrected chi connectivity index (χ4v) is 6.81. The number of amides is 1. The van der Waals surface area contributed by atoms with Gasteiger partial charge >= 0.3 is 0 Å². The van der Waals surface area contributed by atoms with E-state index >= 15 is 0 Å². The summed E-state index contributed by atoms with van der Waals surface area (Å²) in [4.78, 5) is 15.6. The Bertz CT molecular complexity index is 1160. The Balaban J connectivity index is 1.42. The molecule has 2 aromatic carbocycles. The van der Waals surface area contributed by atoms with Crippen LogP contribution in [0.15, 0.2) is 41.3 Å². The number of sulfonamides is 1. The first-order chi connectivity index (χ1) is 15.9. The summed E-state index contributed by atoms with van der Waals surface area (Å²) in [6, 6.07) is 10.8. The van der Waals surface area contributed by atoms with Crippen molar-refractivity contribution in [3.05, 3.63) is 53.1 Å². The SMILES string of the molecule is Cc1ccc(C(=O)N2CCC[C@H]2c2ccc3c(c2)OCCO3)cc1S(=O)(=O)N1CCCCC1. The van der Waals surface area contributed by atoms with Crippen LogP contribution in [0.2, 0.25) is 0 Å². The van der Waals surface area contributed by atoms with Gasteiger partial charge in [-0.05, 0) is 68.0 Å². The van der Waals surface area contributed by atoms with Gasteiger partial charge in [-0.2, -0.15) is 4.31 Å². The van der Waals surface area contributed by atoms with Crippen LogP contribution in [0.3, 0.4) is 0 Å². The van der Waals surface area contributed by atoms with Crippen LogP contribution in [0.1, 0.15) is 59.6 Å². The fraction of sp³-hybridized carbons (Fsp3) is 0.480. The maximum Gasteiger partial charge on any atom is 0.254 e. The summed E-state index contributed by atoms with van der Waals surface area (Å²) in [6.45, 7) is 4.56. The number of ether oxygens (including phenoxy) is 2. The van der Waals surface area contributed by atoms with E-state index in [1.165, 1.54) is 0 Å². The molecule has 3 heterocycles. The number of carbonyl (C=O) groups is 1. The van der Waals surface area contributed by atoms with E-state index in [-0.39, 0.29) is 16.8 Å². The second-order valence-corrected chi connectivity index (χ2v) is 10.9. The zero-order chi connectivity index (χ0) is 23.0. The quantitative estimate of drug-likeness (QED) is 0.677. The van der Waals surface area contributed by atoms with Crippen LogP contribution in [0.4, 0.5) is 0 Å². The van der Waals surface area contributed by atoms with Crippen molar-refractivity contribution in [1.29, 1.82) is 0 Å². The number of carbonyl (C=O) groups excluding carboxylic acids is 1. The van der Waals surface area contributed by atoms with E-state index < -0.39 is 10.0 Å². The first-order valence-corrected chi connectivity index (χ1v) is 13.2. The number of benzene rings is 2. The Hall–Kier alpha value is -2.58. The highest BCUT2D eigenvalue weighted by Gasteiger charge is 2.33. The molecule has 1 amide bonds. The highest BCUT2D eigenvalue weighted by atomic mass is 32.2. The van der Waals surface area contributed by atoms with Crippen LogP contribution in [0.25, 0.3) is 0 Å². The second-order valence-electron chi connectivity index (χ2n) is 9.00. The number of hydrogen-bond acceptors (Lipinski definition) is 5. The zero-order valence-electron chi connectivity index (χ0n) is 19.0. The fourth-order valence-electron chi connectivity index (χ4n) is 5.04. The van der Waals surface area contributed by atoms with E-state index in [9.17, 15) is 13.2 Å². The van der Waals surface area contributed by atoms with Crippen molar-refractivity contribution in [2.24, 2.45) is 0 Å². The zero-order valence-corrected chi connectivity index (χ0v) is 19.8. The topological polar surface area (TPSA) is 76.1 Å². The van der Waals surface area contributed by atoms with Gasteiger partial charge in [0.05, 0.1) is 10.9 Å². The van der Waals surface area contributed by atoms with Gasteiger partial charge in [0.15, 0.2) is 11.5 Å². The standard InChI is InChI=1S/C25H30N2O5S/c1-18-7-8-20(17-24(18)33(29,30)26-11-3-2-4-12-26)25(28)27-13-5-6-21(27)19-9-10-22-23(16-19)32-15-14-31-22/h7-10,16-17,21H,2-6,11-15H2,1H3/t21-/m0/s1. The number of piperidine rings is 1. The predicted octanol–water partition coefficient (Wildman–Crippen LogP) is 3.92. The van der Waals surface area contributed by atoms with Gasteiger partial charge in [0, 0.05) is 25.2 Å². The molecule has 0 unspecified atom stereocenters. The minimum atomic E-state index is -3.62. The Morgan fingerprint density at radius 3 is 2.45 bits per heavy atom. The maximum absolute atomic E-state index is 13.5.